The molecule has 1 aliphatic rings. The number of benzene rings is 3. The summed E-state index contributed by atoms with van der Waals surface area (Å²) in [6, 6.07) is 17.3. The molecule has 1 aliphatic heterocycles. The van der Waals surface area contributed by atoms with Gasteiger partial charge in [-0.3, -0.25) is 4.79 Å². The van der Waals surface area contributed by atoms with Gasteiger partial charge in [0.15, 0.2) is 5.82 Å². The number of aromatic nitrogens is 1. The predicted molar refractivity (Wildman–Crippen MR) is 138 cm³/mol. The van der Waals surface area contributed by atoms with Crippen LogP contribution < -0.4 is 21.3 Å². The van der Waals surface area contributed by atoms with Gasteiger partial charge in [-0.2, -0.15) is 13.2 Å². The van der Waals surface area contributed by atoms with Crippen molar-refractivity contribution in [2.75, 3.05) is 21.3 Å². The maximum atomic E-state index is 14.2. The standard InChI is InChI=1S/C27H19F4N5O2/c28-24-21(27(29,30)31)7-2-8-22(24)36-26(38)34-17-5-1-4-16(12-17)33-18-9-10-19-20(13-15-6-3-11-32-15)25(37)35-23(19)14-18/h1-14,32-33H,(H,35,37)(H2,34,36,38). The summed E-state index contributed by atoms with van der Waals surface area (Å²) < 4.78 is 53.0. The van der Waals surface area contributed by atoms with Crippen LogP contribution in [0.4, 0.5) is 50.8 Å². The number of nitrogens with one attached hydrogen (secondary N) is 5. The molecule has 0 fully saturated rings. The van der Waals surface area contributed by atoms with Gasteiger partial charge in [-0.15, -0.1) is 0 Å². The second kappa shape index (κ2) is 9.77. The average molecular weight is 521 g/mol. The molecule has 5 N–H and O–H groups in total. The SMILES string of the molecule is O=C(Nc1cccc(Nc2ccc3c(c2)NC(=O)C3=Cc2ccc[nH]2)c1)Nc1cccc(C(F)(F)F)c1F. The lowest BCUT2D eigenvalue weighted by Gasteiger charge is -2.13. The monoisotopic (exact) mass is 521 g/mol. The van der Waals surface area contributed by atoms with E-state index in [2.05, 4.69) is 26.3 Å². The number of hydrogen-bond acceptors (Lipinski definition) is 3. The maximum absolute atomic E-state index is 14.2. The first kappa shape index (κ1) is 24.6. The molecule has 0 spiro atoms. The molecule has 38 heavy (non-hydrogen) atoms. The lowest BCUT2D eigenvalue weighted by Crippen LogP contribution is -2.21. The Morgan fingerprint density at radius 2 is 1.63 bits per heavy atom. The molecular weight excluding hydrogens is 502 g/mol. The lowest BCUT2D eigenvalue weighted by molar-refractivity contribution is -0.139. The molecule has 0 atom stereocenters. The third kappa shape index (κ3) is 5.21. The Bertz CT molecular complexity index is 1560. The molecule has 192 valence electrons. The molecule has 4 aromatic rings. The van der Waals surface area contributed by atoms with Crippen LogP contribution >= 0.6 is 0 Å². The van der Waals surface area contributed by atoms with Gasteiger partial charge in [0, 0.05) is 34.5 Å². The van der Waals surface area contributed by atoms with Gasteiger partial charge in [0.2, 0.25) is 0 Å². The Kier molecular flexibility index (Phi) is 6.33. The van der Waals surface area contributed by atoms with Crippen LogP contribution in [0.1, 0.15) is 16.8 Å². The first-order chi connectivity index (χ1) is 18.2. The number of fused-ring (bicyclic) bond motifs is 1. The third-order valence-electron chi connectivity index (χ3n) is 5.69. The van der Waals surface area contributed by atoms with Gasteiger partial charge in [0.25, 0.3) is 5.91 Å². The second-order valence-electron chi connectivity index (χ2n) is 8.35. The number of rotatable bonds is 5. The van der Waals surface area contributed by atoms with Gasteiger partial charge in [-0.1, -0.05) is 18.2 Å². The summed E-state index contributed by atoms with van der Waals surface area (Å²) in [6.07, 6.45) is -1.36. The smallest absolute Gasteiger partial charge is 0.362 e. The summed E-state index contributed by atoms with van der Waals surface area (Å²) in [5, 5.41) is 10.6. The fourth-order valence-corrected chi connectivity index (χ4v) is 3.98. The minimum Gasteiger partial charge on any atom is -0.362 e. The van der Waals surface area contributed by atoms with Crippen molar-refractivity contribution >= 4 is 52.0 Å². The minimum atomic E-state index is -4.89. The van der Waals surface area contributed by atoms with E-state index in [0.717, 1.165) is 23.4 Å². The van der Waals surface area contributed by atoms with E-state index < -0.39 is 29.3 Å². The Balaban J connectivity index is 1.28. The summed E-state index contributed by atoms with van der Waals surface area (Å²) in [4.78, 5) is 27.8. The van der Waals surface area contributed by atoms with Crippen LogP contribution in [0.5, 0.6) is 0 Å². The van der Waals surface area contributed by atoms with Crippen molar-refractivity contribution in [3.05, 3.63) is 102 Å². The number of hydrogen-bond donors (Lipinski definition) is 5. The molecule has 0 saturated heterocycles. The van der Waals surface area contributed by atoms with Crippen molar-refractivity contribution < 1.29 is 27.2 Å². The number of alkyl halides is 3. The molecule has 0 aliphatic carbocycles. The highest BCUT2D eigenvalue weighted by Crippen LogP contribution is 2.36. The summed E-state index contributed by atoms with van der Waals surface area (Å²) in [6.45, 7) is 0. The van der Waals surface area contributed by atoms with Gasteiger partial charge < -0.3 is 26.3 Å². The third-order valence-corrected chi connectivity index (χ3v) is 5.69. The van der Waals surface area contributed by atoms with Crippen molar-refractivity contribution in [2.45, 2.75) is 6.18 Å². The zero-order valence-corrected chi connectivity index (χ0v) is 19.4. The number of anilines is 5. The van der Waals surface area contributed by atoms with E-state index in [9.17, 15) is 27.2 Å². The topological polar surface area (TPSA) is 98.1 Å². The molecule has 0 radical (unpaired) electrons. The van der Waals surface area contributed by atoms with Gasteiger partial charge in [0.05, 0.1) is 22.5 Å². The Morgan fingerprint density at radius 3 is 2.39 bits per heavy atom. The molecule has 2 heterocycles. The van der Waals surface area contributed by atoms with Crippen molar-refractivity contribution in [2.24, 2.45) is 0 Å². The van der Waals surface area contributed by atoms with Crippen molar-refractivity contribution in [3.8, 4) is 0 Å². The highest BCUT2D eigenvalue weighted by molar-refractivity contribution is 6.35. The van der Waals surface area contributed by atoms with Crippen LogP contribution in [0.25, 0.3) is 11.6 Å². The number of halogens is 4. The van der Waals surface area contributed by atoms with Crippen molar-refractivity contribution in [1.29, 1.82) is 0 Å². The number of amides is 3. The van der Waals surface area contributed by atoms with E-state index in [1.54, 1.807) is 48.7 Å². The van der Waals surface area contributed by atoms with E-state index in [1.165, 1.54) is 0 Å². The molecule has 5 rings (SSSR count). The second-order valence-corrected chi connectivity index (χ2v) is 8.35. The lowest BCUT2D eigenvalue weighted by atomic mass is 10.1. The number of aromatic amines is 1. The van der Waals surface area contributed by atoms with E-state index in [1.807, 2.05) is 18.2 Å². The molecule has 3 aromatic carbocycles. The minimum absolute atomic E-state index is 0.221. The van der Waals surface area contributed by atoms with Gasteiger partial charge >= 0.3 is 12.2 Å². The Labute approximate surface area is 213 Å². The fourth-order valence-electron chi connectivity index (χ4n) is 3.98. The summed E-state index contributed by atoms with van der Waals surface area (Å²) >= 11 is 0. The quantitative estimate of drug-likeness (QED) is 0.144. The molecule has 7 nitrogen and oxygen atoms in total. The largest absolute Gasteiger partial charge is 0.419 e. The zero-order chi connectivity index (χ0) is 26.9. The van der Waals surface area contributed by atoms with Crippen LogP contribution in [0.2, 0.25) is 0 Å². The molecule has 0 bridgehead atoms. The first-order valence-corrected chi connectivity index (χ1v) is 11.3. The van der Waals surface area contributed by atoms with Gasteiger partial charge in [0.1, 0.15) is 0 Å². The average Bonchev–Trinajstić information content (AvgIpc) is 3.47. The Morgan fingerprint density at radius 1 is 0.868 bits per heavy atom. The molecular formula is C27H19F4N5O2. The maximum Gasteiger partial charge on any atom is 0.419 e. The van der Waals surface area contributed by atoms with Crippen LogP contribution in [-0.2, 0) is 11.0 Å². The summed E-state index contributed by atoms with van der Waals surface area (Å²) in [5.74, 6) is -1.79. The highest BCUT2D eigenvalue weighted by Gasteiger charge is 2.35. The van der Waals surface area contributed by atoms with E-state index in [-0.39, 0.29) is 5.91 Å². The zero-order valence-electron chi connectivity index (χ0n) is 19.4. The van der Waals surface area contributed by atoms with E-state index in [0.29, 0.717) is 34.4 Å². The first-order valence-electron chi connectivity index (χ1n) is 11.3. The van der Waals surface area contributed by atoms with Crippen molar-refractivity contribution in [3.63, 3.8) is 0 Å². The molecule has 3 amide bonds. The predicted octanol–water partition coefficient (Wildman–Crippen LogP) is 7.05. The number of carbonyl (C=O) groups is 2. The van der Waals surface area contributed by atoms with Gasteiger partial charge in [-0.25, -0.2) is 9.18 Å². The number of carbonyl (C=O) groups excluding carboxylic acids is 2. The molecule has 0 unspecified atom stereocenters. The van der Waals surface area contributed by atoms with Gasteiger partial charge in [-0.05, 0) is 60.7 Å². The number of urea groups is 1. The Hall–Kier alpha value is -5.06. The highest BCUT2D eigenvalue weighted by atomic mass is 19.4. The van der Waals surface area contributed by atoms with Crippen LogP contribution in [0.15, 0.2) is 79.0 Å². The van der Waals surface area contributed by atoms with E-state index >= 15 is 0 Å². The number of H-pyrrole nitrogens is 1. The van der Waals surface area contributed by atoms with Crippen LogP contribution in [0, 0.1) is 5.82 Å². The fraction of sp³-hybridized carbons (Fsp3) is 0.0370. The molecule has 11 heteroatoms. The molecule has 0 saturated carbocycles. The molecule has 1 aromatic heterocycles. The van der Waals surface area contributed by atoms with Crippen LogP contribution in [-0.4, -0.2) is 16.9 Å². The van der Waals surface area contributed by atoms with E-state index in [4.69, 9.17) is 0 Å². The normalized spacial score (nSPS) is 13.7. The van der Waals surface area contributed by atoms with Crippen molar-refractivity contribution in [1.82, 2.24) is 4.98 Å². The summed E-state index contributed by atoms with van der Waals surface area (Å²) in [7, 11) is 0. The van der Waals surface area contributed by atoms with Crippen LogP contribution in [0.3, 0.4) is 0 Å². The summed E-state index contributed by atoms with van der Waals surface area (Å²) in [5.41, 5.74) is 2.20.